The van der Waals surface area contributed by atoms with E-state index < -0.39 is 0 Å². The number of rotatable bonds is 5. The van der Waals surface area contributed by atoms with Gasteiger partial charge in [-0.1, -0.05) is 6.92 Å². The maximum atomic E-state index is 5.71. The van der Waals surface area contributed by atoms with Gasteiger partial charge in [0.1, 0.15) is 0 Å². The highest BCUT2D eigenvalue weighted by atomic mass is 32.1. The van der Waals surface area contributed by atoms with Gasteiger partial charge in [-0.15, -0.1) is 11.3 Å². The average molecular weight is 213 g/mol. The second kappa shape index (κ2) is 5.32. The second-order valence-electron chi connectivity index (χ2n) is 3.66. The number of aryl methyl sites for hydroxylation is 1. The predicted molar refractivity (Wildman–Crippen MR) is 63.0 cm³/mol. The summed E-state index contributed by atoms with van der Waals surface area (Å²) in [5.74, 6) is 0. The number of nitrogens with two attached hydrogens (primary N) is 1. The van der Waals surface area contributed by atoms with Crippen molar-refractivity contribution < 1.29 is 0 Å². The van der Waals surface area contributed by atoms with Gasteiger partial charge in [0.2, 0.25) is 0 Å². The van der Waals surface area contributed by atoms with E-state index in [1.807, 2.05) is 6.92 Å². The van der Waals surface area contributed by atoms with Crippen LogP contribution in [0.1, 0.15) is 26.0 Å². The Labute approximate surface area is 89.9 Å². The Bertz CT molecular complexity index is 270. The van der Waals surface area contributed by atoms with E-state index in [-0.39, 0.29) is 6.04 Å². The molecule has 0 aliphatic heterocycles. The fourth-order valence-electron chi connectivity index (χ4n) is 1.13. The molecule has 1 rings (SSSR count). The molecular weight excluding hydrogens is 194 g/mol. The normalized spacial score (nSPS) is 12.9. The van der Waals surface area contributed by atoms with Crippen LogP contribution in [-0.4, -0.2) is 24.6 Å². The van der Waals surface area contributed by atoms with Gasteiger partial charge in [-0.05, 0) is 19.8 Å². The summed E-state index contributed by atoms with van der Waals surface area (Å²) >= 11 is 1.71. The fraction of sp³-hybridized carbons (Fsp3) is 0.700. The molecule has 0 amide bonds. The third-order valence-electron chi connectivity index (χ3n) is 2.15. The van der Waals surface area contributed by atoms with Gasteiger partial charge in [0.15, 0.2) is 5.13 Å². The molecule has 1 atom stereocenters. The van der Waals surface area contributed by atoms with Crippen molar-refractivity contribution in [3.05, 3.63) is 11.1 Å². The van der Waals surface area contributed by atoms with Crippen LogP contribution in [0.5, 0.6) is 0 Å². The van der Waals surface area contributed by atoms with Crippen LogP contribution in [0, 0.1) is 0 Å². The minimum absolute atomic E-state index is 0.267. The van der Waals surface area contributed by atoms with E-state index in [4.69, 9.17) is 5.73 Å². The van der Waals surface area contributed by atoms with Crippen molar-refractivity contribution in [1.29, 1.82) is 0 Å². The lowest BCUT2D eigenvalue weighted by molar-refractivity contribution is 0.658. The van der Waals surface area contributed by atoms with Gasteiger partial charge in [-0.25, -0.2) is 4.98 Å². The summed E-state index contributed by atoms with van der Waals surface area (Å²) in [4.78, 5) is 6.68. The highest BCUT2D eigenvalue weighted by Gasteiger charge is 2.06. The van der Waals surface area contributed by atoms with Gasteiger partial charge in [-0.2, -0.15) is 0 Å². The Morgan fingerprint density at radius 1 is 1.64 bits per heavy atom. The summed E-state index contributed by atoms with van der Waals surface area (Å²) < 4.78 is 0. The summed E-state index contributed by atoms with van der Waals surface area (Å²) in [7, 11) is 2.07. The highest BCUT2D eigenvalue weighted by Crippen LogP contribution is 2.19. The van der Waals surface area contributed by atoms with Gasteiger partial charge in [-0.3, -0.25) is 0 Å². The molecule has 0 radical (unpaired) electrons. The molecule has 0 bridgehead atoms. The summed E-state index contributed by atoms with van der Waals surface area (Å²) in [6.07, 6.45) is 2.02. The highest BCUT2D eigenvalue weighted by molar-refractivity contribution is 7.13. The molecule has 1 heterocycles. The van der Waals surface area contributed by atoms with Crippen molar-refractivity contribution in [3.63, 3.8) is 0 Å². The maximum absolute atomic E-state index is 5.71. The molecule has 0 aromatic carbocycles. The zero-order valence-corrected chi connectivity index (χ0v) is 9.97. The number of thiazole rings is 1. The van der Waals surface area contributed by atoms with Crippen molar-refractivity contribution in [2.24, 2.45) is 5.73 Å². The third kappa shape index (κ3) is 3.27. The Balaban J connectivity index is 2.47. The van der Waals surface area contributed by atoms with Gasteiger partial charge >= 0.3 is 0 Å². The molecule has 0 spiro atoms. The largest absolute Gasteiger partial charge is 0.351 e. The van der Waals surface area contributed by atoms with E-state index in [0.717, 1.165) is 24.5 Å². The summed E-state index contributed by atoms with van der Waals surface area (Å²) in [6, 6.07) is 0.267. The maximum Gasteiger partial charge on any atom is 0.185 e. The molecule has 80 valence electrons. The Kier molecular flexibility index (Phi) is 4.35. The standard InChI is InChI=1S/C10H19N3S/c1-4-9-7-14-10(12-9)13(3)6-5-8(2)11/h7-8H,4-6,11H2,1-3H3. The van der Waals surface area contributed by atoms with Crippen LogP contribution in [0.3, 0.4) is 0 Å². The first kappa shape index (κ1) is 11.5. The number of hydrogen-bond acceptors (Lipinski definition) is 4. The van der Waals surface area contributed by atoms with Crippen LogP contribution in [0.2, 0.25) is 0 Å². The van der Waals surface area contributed by atoms with E-state index in [9.17, 15) is 0 Å². The molecule has 3 nitrogen and oxygen atoms in total. The first-order chi connectivity index (χ1) is 6.63. The van der Waals surface area contributed by atoms with Crippen LogP contribution in [-0.2, 0) is 6.42 Å². The van der Waals surface area contributed by atoms with Gasteiger partial charge < -0.3 is 10.6 Å². The minimum atomic E-state index is 0.267. The summed E-state index contributed by atoms with van der Waals surface area (Å²) in [6.45, 7) is 5.14. The van der Waals surface area contributed by atoms with Gasteiger partial charge in [0.05, 0.1) is 5.69 Å². The van der Waals surface area contributed by atoms with Crippen LogP contribution in [0.15, 0.2) is 5.38 Å². The number of anilines is 1. The lowest BCUT2D eigenvalue weighted by atomic mass is 10.2. The average Bonchev–Trinajstić information content (AvgIpc) is 2.62. The second-order valence-corrected chi connectivity index (χ2v) is 4.50. The molecule has 1 aromatic rings. The summed E-state index contributed by atoms with van der Waals surface area (Å²) in [5.41, 5.74) is 6.88. The van der Waals surface area contributed by atoms with Gasteiger partial charge in [0, 0.05) is 25.0 Å². The molecular formula is C10H19N3S. The lowest BCUT2D eigenvalue weighted by Gasteiger charge is -2.16. The Hall–Kier alpha value is -0.610. The molecule has 0 aliphatic carbocycles. The monoisotopic (exact) mass is 213 g/mol. The molecule has 0 aliphatic rings. The predicted octanol–water partition coefficient (Wildman–Crippen LogP) is 1.88. The molecule has 2 N–H and O–H groups in total. The van der Waals surface area contributed by atoms with E-state index in [2.05, 4.69) is 29.2 Å². The first-order valence-corrected chi connectivity index (χ1v) is 5.92. The zero-order valence-electron chi connectivity index (χ0n) is 9.16. The third-order valence-corrected chi connectivity index (χ3v) is 3.15. The SMILES string of the molecule is CCc1csc(N(C)CCC(C)N)n1. The van der Waals surface area contributed by atoms with Crippen LogP contribution < -0.4 is 10.6 Å². The van der Waals surface area contributed by atoms with Crippen molar-refractivity contribution in [1.82, 2.24) is 4.98 Å². The number of nitrogens with zero attached hydrogens (tertiary/aromatic N) is 2. The molecule has 0 saturated heterocycles. The van der Waals surface area contributed by atoms with E-state index in [1.54, 1.807) is 11.3 Å². The topological polar surface area (TPSA) is 42.1 Å². The molecule has 0 fully saturated rings. The van der Waals surface area contributed by atoms with Crippen molar-refractivity contribution in [2.75, 3.05) is 18.5 Å². The molecule has 0 saturated carbocycles. The molecule has 4 heteroatoms. The number of aromatic nitrogens is 1. The summed E-state index contributed by atoms with van der Waals surface area (Å²) in [5, 5.41) is 3.22. The van der Waals surface area contributed by atoms with Crippen LogP contribution >= 0.6 is 11.3 Å². The van der Waals surface area contributed by atoms with Crippen LogP contribution in [0.25, 0.3) is 0 Å². The Morgan fingerprint density at radius 2 is 2.36 bits per heavy atom. The molecule has 14 heavy (non-hydrogen) atoms. The van der Waals surface area contributed by atoms with Crippen LogP contribution in [0.4, 0.5) is 5.13 Å². The van der Waals surface area contributed by atoms with E-state index >= 15 is 0 Å². The van der Waals surface area contributed by atoms with E-state index in [0.29, 0.717) is 0 Å². The minimum Gasteiger partial charge on any atom is -0.351 e. The smallest absolute Gasteiger partial charge is 0.185 e. The fourth-order valence-corrected chi connectivity index (χ4v) is 2.03. The molecule has 1 aromatic heterocycles. The first-order valence-electron chi connectivity index (χ1n) is 5.04. The number of hydrogen-bond donors (Lipinski definition) is 1. The quantitative estimate of drug-likeness (QED) is 0.812. The van der Waals surface area contributed by atoms with Crippen molar-refractivity contribution in [3.8, 4) is 0 Å². The van der Waals surface area contributed by atoms with Crippen molar-refractivity contribution >= 4 is 16.5 Å². The Morgan fingerprint density at radius 3 is 2.86 bits per heavy atom. The van der Waals surface area contributed by atoms with Gasteiger partial charge in [0.25, 0.3) is 0 Å². The zero-order chi connectivity index (χ0) is 10.6. The lowest BCUT2D eigenvalue weighted by Crippen LogP contribution is -2.25. The van der Waals surface area contributed by atoms with E-state index in [1.165, 1.54) is 5.69 Å². The molecule has 1 unspecified atom stereocenters. The van der Waals surface area contributed by atoms with Crippen molar-refractivity contribution in [2.45, 2.75) is 32.7 Å².